The van der Waals surface area contributed by atoms with Crippen LogP contribution in [0.4, 0.5) is 0 Å². The summed E-state index contributed by atoms with van der Waals surface area (Å²) in [7, 11) is 0. The predicted molar refractivity (Wildman–Crippen MR) is 135 cm³/mol. The molecule has 0 fully saturated rings. The zero-order valence-corrected chi connectivity index (χ0v) is 19.6. The van der Waals surface area contributed by atoms with Gasteiger partial charge in [-0.05, 0) is 0 Å². The Hall–Kier alpha value is -0.730. The second-order valence-electron chi connectivity index (χ2n) is 6.79. The van der Waals surface area contributed by atoms with Crippen LogP contribution in [-0.2, 0) is 6.42 Å². The van der Waals surface area contributed by atoms with Gasteiger partial charge in [-0.3, -0.25) is 0 Å². The molecule has 0 atom stereocenters. The quantitative estimate of drug-likeness (QED) is 0.306. The Morgan fingerprint density at radius 2 is 1.11 bits per heavy atom. The van der Waals surface area contributed by atoms with Gasteiger partial charge < -0.3 is 0 Å². The van der Waals surface area contributed by atoms with Crippen LogP contribution >= 0.6 is 46.1 Å². The monoisotopic (exact) mass is 476 g/mol. The fourth-order valence-corrected chi connectivity index (χ4v) is 12.1. The summed E-state index contributed by atoms with van der Waals surface area (Å²) in [5, 5.41) is 1.37. The van der Waals surface area contributed by atoms with Crippen LogP contribution in [-0.4, -0.2) is 17.7 Å². The van der Waals surface area contributed by atoms with Crippen molar-refractivity contribution in [2.75, 3.05) is 17.7 Å². The summed E-state index contributed by atoms with van der Waals surface area (Å²) < 4.78 is 0. The predicted octanol–water partition coefficient (Wildman–Crippen LogP) is 5.62. The summed E-state index contributed by atoms with van der Waals surface area (Å²) in [5.41, 5.74) is 1.33. The van der Waals surface area contributed by atoms with Crippen LogP contribution in [0.2, 0.25) is 0 Å². The Bertz CT molecular complexity index is 811. The number of aryl methyl sites for hydroxylation is 1. The first-order chi connectivity index (χ1) is 13.1. The van der Waals surface area contributed by atoms with Crippen LogP contribution in [0.3, 0.4) is 0 Å². The van der Waals surface area contributed by atoms with Crippen LogP contribution in [0.25, 0.3) is 0 Å². The summed E-state index contributed by atoms with van der Waals surface area (Å²) in [4.78, 5) is 0. The molecule has 0 nitrogen and oxygen atoms in total. The molecule has 0 aliphatic carbocycles. The van der Waals surface area contributed by atoms with Crippen molar-refractivity contribution in [2.45, 2.75) is 12.8 Å². The molecule has 0 unspecified atom stereocenters. The number of benzene rings is 3. The summed E-state index contributed by atoms with van der Waals surface area (Å²) in [6, 6.07) is 31.1. The average molecular weight is 477 g/mol. The van der Waals surface area contributed by atoms with Crippen molar-refractivity contribution >= 4 is 62.0 Å². The third-order valence-electron chi connectivity index (χ3n) is 5.20. The number of hydrogen-bond donors (Lipinski definition) is 2. The normalized spacial score (nSPS) is 13.1. The Balaban J connectivity index is 2.30. The minimum atomic E-state index is -2.76. The molecule has 27 heavy (non-hydrogen) atoms. The van der Waals surface area contributed by atoms with Crippen molar-refractivity contribution in [3.05, 3.63) is 90.5 Å². The van der Waals surface area contributed by atoms with E-state index in [9.17, 15) is 0 Å². The van der Waals surface area contributed by atoms with E-state index in [0.717, 1.165) is 30.5 Å². The summed E-state index contributed by atoms with van der Waals surface area (Å²) in [6.45, 7) is 0. The van der Waals surface area contributed by atoms with Gasteiger partial charge in [0.15, 0.2) is 0 Å². The molecule has 0 aromatic heterocycles. The van der Waals surface area contributed by atoms with Crippen LogP contribution in [0.1, 0.15) is 12.0 Å². The van der Waals surface area contributed by atoms with Gasteiger partial charge in [-0.1, -0.05) is 0 Å². The van der Waals surface area contributed by atoms with E-state index in [4.69, 9.17) is 0 Å². The molecule has 0 N–H and O–H groups in total. The van der Waals surface area contributed by atoms with E-state index in [2.05, 4.69) is 126 Å². The van der Waals surface area contributed by atoms with Crippen molar-refractivity contribution in [3.8, 4) is 0 Å². The second-order valence-corrected chi connectivity index (χ2v) is 16.7. The van der Waals surface area contributed by atoms with Gasteiger partial charge in [0.25, 0.3) is 0 Å². The number of rotatable bonds is 8. The molecule has 0 saturated carbocycles. The first-order valence-electron chi connectivity index (χ1n) is 9.28. The van der Waals surface area contributed by atoms with Crippen LogP contribution in [0.15, 0.2) is 84.9 Å². The first-order valence-corrected chi connectivity index (χ1v) is 15.0. The topological polar surface area (TPSA) is 0 Å². The second kappa shape index (κ2) is 9.18. The molecular weight excluding hydrogens is 451 g/mol. The third-order valence-corrected chi connectivity index (χ3v) is 15.8. The molecule has 4 heteroatoms. The van der Waals surface area contributed by atoms with Crippen molar-refractivity contribution in [1.82, 2.24) is 0 Å². The van der Waals surface area contributed by atoms with Crippen LogP contribution < -0.4 is 15.9 Å². The molecule has 0 aliphatic rings. The maximum atomic E-state index is 4.54. The molecule has 0 saturated heterocycles. The third kappa shape index (κ3) is 4.03. The van der Waals surface area contributed by atoms with E-state index in [0.29, 0.717) is 0 Å². The van der Waals surface area contributed by atoms with Gasteiger partial charge in [0.2, 0.25) is 0 Å². The molecule has 3 rings (SSSR count). The van der Waals surface area contributed by atoms with Gasteiger partial charge in [-0.15, -0.1) is 0 Å². The van der Waals surface area contributed by atoms with Crippen LogP contribution in [0, 0.1) is 0 Å². The Morgan fingerprint density at radius 3 is 1.56 bits per heavy atom. The SMILES string of the molecule is SCCCP(Br)(c1ccccc1)(c1ccccc1)c1ccc(CCS)cc1. The van der Waals surface area contributed by atoms with Crippen molar-refractivity contribution in [2.24, 2.45) is 0 Å². The Kier molecular flexibility index (Phi) is 7.14. The number of hydrogen-bond acceptors (Lipinski definition) is 2. The van der Waals surface area contributed by atoms with Gasteiger partial charge in [0, 0.05) is 0 Å². The summed E-state index contributed by atoms with van der Waals surface area (Å²) in [5.74, 6) is 1.75. The zero-order valence-electron chi connectivity index (χ0n) is 15.3. The van der Waals surface area contributed by atoms with E-state index in [1.165, 1.54) is 21.5 Å². The molecule has 0 aliphatic heterocycles. The van der Waals surface area contributed by atoms with Crippen molar-refractivity contribution < 1.29 is 0 Å². The molecule has 3 aromatic rings. The van der Waals surface area contributed by atoms with Gasteiger partial charge in [0.05, 0.1) is 0 Å². The van der Waals surface area contributed by atoms with Gasteiger partial charge in [0.1, 0.15) is 0 Å². The molecule has 142 valence electrons. The standard InChI is InChI=1S/C23H26BrPS2/c24-25(17-7-18-26,21-8-3-1-4-9-21,22-10-5-2-6-11-22)23-14-12-20(13-15-23)16-19-27/h1-6,8-15,26-27H,7,16-19H2. The molecule has 3 aromatic carbocycles. The fraction of sp³-hybridized carbons (Fsp3) is 0.217. The zero-order chi connectivity index (χ0) is 19.2. The Morgan fingerprint density at radius 1 is 0.630 bits per heavy atom. The molecule has 0 heterocycles. The van der Waals surface area contributed by atoms with E-state index < -0.39 is 5.31 Å². The van der Waals surface area contributed by atoms with E-state index in [1.807, 2.05) is 0 Å². The average Bonchev–Trinajstić information content (AvgIpc) is 2.74. The van der Waals surface area contributed by atoms with Crippen molar-refractivity contribution in [3.63, 3.8) is 0 Å². The van der Waals surface area contributed by atoms with E-state index in [-0.39, 0.29) is 0 Å². The van der Waals surface area contributed by atoms with E-state index in [1.54, 1.807) is 0 Å². The molecule has 0 amide bonds. The van der Waals surface area contributed by atoms with Crippen molar-refractivity contribution in [1.29, 1.82) is 0 Å². The molecule has 0 bridgehead atoms. The minimum absolute atomic E-state index is 0.869. The molecular formula is C23H26BrPS2. The maximum absolute atomic E-state index is 4.54. The van der Waals surface area contributed by atoms with Gasteiger partial charge in [-0.25, -0.2) is 0 Å². The van der Waals surface area contributed by atoms with Gasteiger partial charge >= 0.3 is 183 Å². The molecule has 0 radical (unpaired) electrons. The number of thiol groups is 2. The number of halogens is 1. The van der Waals surface area contributed by atoms with E-state index >= 15 is 0 Å². The summed E-state index contributed by atoms with van der Waals surface area (Å²) >= 11 is 13.4. The Labute approximate surface area is 182 Å². The van der Waals surface area contributed by atoms with Crippen LogP contribution in [0.5, 0.6) is 0 Å². The first kappa shape index (κ1) is 21.0. The van der Waals surface area contributed by atoms with Gasteiger partial charge in [-0.2, -0.15) is 0 Å². The fourth-order valence-electron chi connectivity index (χ4n) is 3.78. The molecule has 0 spiro atoms. The summed E-state index contributed by atoms with van der Waals surface area (Å²) in [6.07, 6.45) is 3.10.